The summed E-state index contributed by atoms with van der Waals surface area (Å²) in [4.78, 5) is 2.42. The molecule has 0 amide bonds. The maximum Gasteiger partial charge on any atom is 0.0702 e. The molecule has 2 N–H and O–H groups in total. The molecule has 1 rings (SSSR count). The Morgan fingerprint density at radius 1 is 1.57 bits per heavy atom. The second-order valence-corrected chi connectivity index (χ2v) is 4.38. The third kappa shape index (κ3) is 2.94. The average Bonchev–Trinajstić information content (AvgIpc) is 2.60. The molecule has 0 aromatic carbocycles. The summed E-state index contributed by atoms with van der Waals surface area (Å²) in [7, 11) is 2.19. The molecule has 0 radical (unpaired) electrons. The number of hydrogen-bond donors (Lipinski definition) is 1. The lowest BCUT2D eigenvalue weighted by atomic mass is 10.0. The van der Waals surface area contributed by atoms with E-state index in [9.17, 15) is 0 Å². The van der Waals surface area contributed by atoms with Crippen molar-refractivity contribution in [1.29, 1.82) is 0 Å². The first-order chi connectivity index (χ1) is 6.69. The van der Waals surface area contributed by atoms with Crippen LogP contribution < -0.4 is 5.73 Å². The lowest BCUT2D eigenvalue weighted by Crippen LogP contribution is -2.40. The zero-order valence-electron chi connectivity index (χ0n) is 9.70. The third-order valence-electron chi connectivity index (χ3n) is 3.36. The molecule has 3 heteroatoms. The normalized spacial score (nSPS) is 29.8. The third-order valence-corrected chi connectivity index (χ3v) is 3.36. The van der Waals surface area contributed by atoms with E-state index >= 15 is 0 Å². The second-order valence-electron chi connectivity index (χ2n) is 4.38. The highest BCUT2D eigenvalue weighted by molar-refractivity contribution is 4.81. The molecular formula is C11H24N2O. The highest BCUT2D eigenvalue weighted by atomic mass is 16.5. The molecule has 84 valence electrons. The fraction of sp³-hybridized carbons (Fsp3) is 1.00. The quantitative estimate of drug-likeness (QED) is 0.722. The molecule has 1 heterocycles. The van der Waals surface area contributed by atoms with E-state index < -0.39 is 0 Å². The Bertz CT molecular complexity index is 159. The molecule has 14 heavy (non-hydrogen) atoms. The topological polar surface area (TPSA) is 38.5 Å². The first-order valence-electron chi connectivity index (χ1n) is 5.71. The summed E-state index contributed by atoms with van der Waals surface area (Å²) >= 11 is 0. The summed E-state index contributed by atoms with van der Waals surface area (Å²) in [6.45, 7) is 7.18. The van der Waals surface area contributed by atoms with Crippen LogP contribution in [0.25, 0.3) is 0 Å². The van der Waals surface area contributed by atoms with Crippen molar-refractivity contribution >= 4 is 0 Å². The van der Waals surface area contributed by atoms with Crippen LogP contribution in [0.1, 0.15) is 26.7 Å². The van der Waals surface area contributed by atoms with Gasteiger partial charge in [0.2, 0.25) is 0 Å². The summed E-state index contributed by atoms with van der Waals surface area (Å²) in [6.07, 6.45) is 2.72. The van der Waals surface area contributed by atoms with E-state index in [4.69, 9.17) is 10.5 Å². The number of ether oxygens (including phenoxy) is 1. The summed E-state index contributed by atoms with van der Waals surface area (Å²) in [6, 6.07) is 0.593. The molecule has 1 aliphatic rings. The standard InChI is InChI=1S/C11H24N2O/c1-4-10(7-12)8-13(3)11-5-6-14-9(11)2/h9-11H,4-8,12H2,1-3H3. The van der Waals surface area contributed by atoms with Crippen molar-refractivity contribution < 1.29 is 4.74 Å². The van der Waals surface area contributed by atoms with E-state index in [1.54, 1.807) is 0 Å². The predicted molar refractivity (Wildman–Crippen MR) is 59.3 cm³/mol. The Morgan fingerprint density at radius 3 is 2.71 bits per heavy atom. The van der Waals surface area contributed by atoms with E-state index in [-0.39, 0.29) is 0 Å². The van der Waals surface area contributed by atoms with Gasteiger partial charge in [0.05, 0.1) is 6.10 Å². The van der Waals surface area contributed by atoms with E-state index in [0.29, 0.717) is 18.1 Å². The molecule has 3 nitrogen and oxygen atoms in total. The fourth-order valence-corrected chi connectivity index (χ4v) is 2.21. The predicted octanol–water partition coefficient (Wildman–Crippen LogP) is 1.08. The van der Waals surface area contributed by atoms with Crippen molar-refractivity contribution in [3.8, 4) is 0 Å². The fourth-order valence-electron chi connectivity index (χ4n) is 2.21. The summed E-state index contributed by atoms with van der Waals surface area (Å²) in [5, 5.41) is 0. The number of likely N-dealkylation sites (N-methyl/N-ethyl adjacent to an activating group) is 1. The van der Waals surface area contributed by atoms with Crippen molar-refractivity contribution in [2.24, 2.45) is 11.7 Å². The molecule has 0 aliphatic carbocycles. The lowest BCUT2D eigenvalue weighted by molar-refractivity contribution is 0.0783. The number of hydrogen-bond acceptors (Lipinski definition) is 3. The van der Waals surface area contributed by atoms with Gasteiger partial charge in [-0.15, -0.1) is 0 Å². The van der Waals surface area contributed by atoms with Crippen molar-refractivity contribution in [3.63, 3.8) is 0 Å². The van der Waals surface area contributed by atoms with Crippen LogP contribution in [-0.4, -0.2) is 43.8 Å². The van der Waals surface area contributed by atoms with Gasteiger partial charge < -0.3 is 15.4 Å². The molecule has 1 aliphatic heterocycles. The maximum atomic E-state index is 5.71. The van der Waals surface area contributed by atoms with Crippen LogP contribution >= 0.6 is 0 Å². The van der Waals surface area contributed by atoms with E-state index in [2.05, 4.69) is 25.8 Å². The SMILES string of the molecule is CCC(CN)CN(C)C1CCOC1C. The molecule has 0 bridgehead atoms. The van der Waals surface area contributed by atoms with Gasteiger partial charge in [-0.25, -0.2) is 0 Å². The van der Waals surface area contributed by atoms with Gasteiger partial charge in [0.25, 0.3) is 0 Å². The molecular weight excluding hydrogens is 176 g/mol. The van der Waals surface area contributed by atoms with Gasteiger partial charge in [-0.1, -0.05) is 13.3 Å². The Morgan fingerprint density at radius 2 is 2.29 bits per heavy atom. The van der Waals surface area contributed by atoms with Crippen LogP contribution in [0.3, 0.4) is 0 Å². The highest BCUT2D eigenvalue weighted by Gasteiger charge is 2.28. The van der Waals surface area contributed by atoms with Gasteiger partial charge in [0.1, 0.15) is 0 Å². The van der Waals surface area contributed by atoms with Crippen LogP contribution in [0, 0.1) is 5.92 Å². The molecule has 0 aromatic heterocycles. The molecule has 1 saturated heterocycles. The molecule has 3 atom stereocenters. The number of nitrogens with two attached hydrogens (primary N) is 1. The molecule has 3 unspecified atom stereocenters. The minimum Gasteiger partial charge on any atom is -0.377 e. The van der Waals surface area contributed by atoms with Gasteiger partial charge in [0, 0.05) is 19.2 Å². The van der Waals surface area contributed by atoms with Gasteiger partial charge in [-0.05, 0) is 32.9 Å². The van der Waals surface area contributed by atoms with Crippen molar-refractivity contribution in [2.45, 2.75) is 38.8 Å². The van der Waals surface area contributed by atoms with Crippen LogP contribution in [0.15, 0.2) is 0 Å². The Kier molecular flexibility index (Phi) is 4.85. The van der Waals surface area contributed by atoms with E-state index in [1.807, 2.05) is 0 Å². The monoisotopic (exact) mass is 200 g/mol. The van der Waals surface area contributed by atoms with Gasteiger partial charge in [0.15, 0.2) is 0 Å². The summed E-state index contributed by atoms with van der Waals surface area (Å²) in [5.41, 5.74) is 5.71. The zero-order valence-corrected chi connectivity index (χ0v) is 9.70. The van der Waals surface area contributed by atoms with Gasteiger partial charge >= 0.3 is 0 Å². The van der Waals surface area contributed by atoms with Gasteiger partial charge in [-0.3, -0.25) is 0 Å². The molecule has 1 fully saturated rings. The van der Waals surface area contributed by atoms with Crippen LogP contribution in [0.4, 0.5) is 0 Å². The smallest absolute Gasteiger partial charge is 0.0702 e. The summed E-state index contributed by atoms with van der Waals surface area (Å²) < 4.78 is 5.56. The molecule has 0 spiro atoms. The van der Waals surface area contributed by atoms with Gasteiger partial charge in [-0.2, -0.15) is 0 Å². The first-order valence-corrected chi connectivity index (χ1v) is 5.71. The van der Waals surface area contributed by atoms with E-state index in [1.165, 1.54) is 12.8 Å². The molecule has 0 saturated carbocycles. The average molecular weight is 200 g/mol. The Labute approximate surface area is 87.6 Å². The van der Waals surface area contributed by atoms with Crippen LogP contribution in [0.5, 0.6) is 0 Å². The second kappa shape index (κ2) is 5.69. The summed E-state index contributed by atoms with van der Waals surface area (Å²) in [5.74, 6) is 0.632. The first kappa shape index (κ1) is 12.0. The van der Waals surface area contributed by atoms with Crippen molar-refractivity contribution in [1.82, 2.24) is 4.90 Å². The zero-order chi connectivity index (χ0) is 10.6. The van der Waals surface area contributed by atoms with Crippen LogP contribution in [0.2, 0.25) is 0 Å². The van der Waals surface area contributed by atoms with Crippen molar-refractivity contribution in [2.75, 3.05) is 26.7 Å². The highest BCUT2D eigenvalue weighted by Crippen LogP contribution is 2.19. The van der Waals surface area contributed by atoms with E-state index in [0.717, 1.165) is 19.7 Å². The minimum atomic E-state index is 0.385. The minimum absolute atomic E-state index is 0.385. The van der Waals surface area contributed by atoms with Crippen molar-refractivity contribution in [3.05, 3.63) is 0 Å². The number of rotatable bonds is 5. The lowest BCUT2D eigenvalue weighted by Gasteiger charge is -2.29. The Balaban J connectivity index is 2.36. The van der Waals surface area contributed by atoms with Crippen LogP contribution in [-0.2, 0) is 4.74 Å². The Hall–Kier alpha value is -0.120. The largest absolute Gasteiger partial charge is 0.377 e. The molecule has 0 aromatic rings. The number of nitrogens with zero attached hydrogens (tertiary/aromatic N) is 1. The maximum absolute atomic E-state index is 5.71.